The van der Waals surface area contributed by atoms with Crippen LogP contribution < -0.4 is 19.5 Å². The molecule has 0 saturated heterocycles. The molecule has 0 aromatic heterocycles. The first-order chi connectivity index (χ1) is 9.35. The lowest BCUT2D eigenvalue weighted by atomic mass is 10.2. The van der Waals surface area contributed by atoms with Crippen molar-refractivity contribution in [2.24, 2.45) is 5.73 Å². The first-order valence-electron chi connectivity index (χ1n) is 5.86. The summed E-state index contributed by atoms with van der Waals surface area (Å²) < 4.78 is 35.3. The van der Waals surface area contributed by atoms with Crippen LogP contribution >= 0.6 is 0 Å². The van der Waals surface area contributed by atoms with Crippen molar-refractivity contribution in [2.45, 2.75) is 6.92 Å². The SMILES string of the molecule is CCS(=O)(=O)N(CC(N)=O)c1ccc(OC)cc1OC. The van der Waals surface area contributed by atoms with E-state index in [0.717, 1.165) is 4.31 Å². The Hall–Kier alpha value is -1.96. The van der Waals surface area contributed by atoms with Gasteiger partial charge in [-0.2, -0.15) is 0 Å². The quantitative estimate of drug-likeness (QED) is 0.783. The van der Waals surface area contributed by atoms with Gasteiger partial charge < -0.3 is 15.2 Å². The lowest BCUT2D eigenvalue weighted by Crippen LogP contribution is -2.39. The number of hydrogen-bond donors (Lipinski definition) is 1. The Kier molecular flexibility index (Phi) is 5.20. The molecule has 0 saturated carbocycles. The van der Waals surface area contributed by atoms with Gasteiger partial charge in [0.15, 0.2) is 0 Å². The predicted octanol–water partition coefficient (Wildman–Crippen LogP) is 0.345. The number of ether oxygens (including phenoxy) is 2. The third-order valence-corrected chi connectivity index (χ3v) is 4.38. The lowest BCUT2D eigenvalue weighted by molar-refractivity contribution is -0.116. The maximum atomic E-state index is 12.1. The fourth-order valence-electron chi connectivity index (χ4n) is 1.62. The lowest BCUT2D eigenvalue weighted by Gasteiger charge is -2.24. The van der Waals surface area contributed by atoms with Gasteiger partial charge in [0.05, 0.1) is 25.7 Å². The van der Waals surface area contributed by atoms with Gasteiger partial charge in [-0.05, 0) is 19.1 Å². The van der Waals surface area contributed by atoms with Gasteiger partial charge in [0.1, 0.15) is 18.0 Å². The minimum Gasteiger partial charge on any atom is -0.497 e. The number of rotatable bonds is 7. The van der Waals surface area contributed by atoms with Crippen molar-refractivity contribution < 1.29 is 22.7 Å². The smallest absolute Gasteiger partial charge is 0.238 e. The number of amides is 1. The largest absolute Gasteiger partial charge is 0.497 e. The Bertz CT molecular complexity index is 586. The van der Waals surface area contributed by atoms with Crippen molar-refractivity contribution >= 4 is 21.6 Å². The van der Waals surface area contributed by atoms with E-state index >= 15 is 0 Å². The van der Waals surface area contributed by atoms with E-state index in [0.29, 0.717) is 5.75 Å². The van der Waals surface area contributed by atoms with Gasteiger partial charge in [-0.3, -0.25) is 9.10 Å². The van der Waals surface area contributed by atoms with E-state index in [9.17, 15) is 13.2 Å². The van der Waals surface area contributed by atoms with Gasteiger partial charge in [-0.15, -0.1) is 0 Å². The molecule has 1 aromatic rings. The summed E-state index contributed by atoms with van der Waals surface area (Å²) in [5.74, 6) is -0.115. The number of nitrogens with zero attached hydrogens (tertiary/aromatic N) is 1. The Morgan fingerprint density at radius 2 is 1.95 bits per heavy atom. The Morgan fingerprint density at radius 3 is 2.40 bits per heavy atom. The second kappa shape index (κ2) is 6.47. The Labute approximate surface area is 118 Å². The van der Waals surface area contributed by atoms with Gasteiger partial charge in [0.2, 0.25) is 15.9 Å². The summed E-state index contributed by atoms with van der Waals surface area (Å²) in [4.78, 5) is 11.1. The van der Waals surface area contributed by atoms with E-state index in [1.165, 1.54) is 33.3 Å². The van der Waals surface area contributed by atoms with Gasteiger partial charge in [-0.1, -0.05) is 0 Å². The Balaban J connectivity index is 3.37. The van der Waals surface area contributed by atoms with E-state index in [2.05, 4.69) is 0 Å². The number of methoxy groups -OCH3 is 2. The summed E-state index contributed by atoms with van der Waals surface area (Å²) >= 11 is 0. The fourth-order valence-corrected chi connectivity index (χ4v) is 2.71. The molecule has 0 aliphatic carbocycles. The fraction of sp³-hybridized carbons (Fsp3) is 0.417. The highest BCUT2D eigenvalue weighted by molar-refractivity contribution is 7.92. The number of primary amides is 1. The molecule has 112 valence electrons. The molecule has 1 aromatic carbocycles. The van der Waals surface area contributed by atoms with Crippen LogP contribution in [-0.2, 0) is 14.8 Å². The van der Waals surface area contributed by atoms with E-state index in [4.69, 9.17) is 15.2 Å². The minimum absolute atomic E-state index is 0.157. The number of sulfonamides is 1. The standard InChI is InChI=1S/C12H18N2O5S/c1-4-20(16,17)14(8-12(13)15)10-6-5-9(18-2)7-11(10)19-3/h5-7H,4,8H2,1-3H3,(H2,13,15). The average molecular weight is 302 g/mol. The number of anilines is 1. The second-order valence-corrected chi connectivity index (χ2v) is 6.09. The van der Waals surface area contributed by atoms with Crippen molar-refractivity contribution in [3.8, 4) is 11.5 Å². The molecule has 0 aliphatic heterocycles. The summed E-state index contributed by atoms with van der Waals surface area (Å²) in [7, 11) is -0.762. The third-order valence-electron chi connectivity index (χ3n) is 2.66. The maximum absolute atomic E-state index is 12.1. The molecule has 8 heteroatoms. The zero-order valence-corrected chi connectivity index (χ0v) is 12.4. The normalized spacial score (nSPS) is 10.9. The topological polar surface area (TPSA) is 98.9 Å². The van der Waals surface area contributed by atoms with Crippen LogP contribution in [0.1, 0.15) is 6.92 Å². The molecule has 1 rings (SSSR count). The number of carbonyl (C=O) groups is 1. The molecule has 7 nitrogen and oxygen atoms in total. The molecule has 2 N–H and O–H groups in total. The summed E-state index contributed by atoms with van der Waals surface area (Å²) in [5, 5.41) is 0. The molecule has 1 amide bonds. The molecule has 0 spiro atoms. The average Bonchev–Trinajstić information content (AvgIpc) is 2.43. The zero-order chi connectivity index (χ0) is 15.3. The van der Waals surface area contributed by atoms with Gasteiger partial charge >= 0.3 is 0 Å². The van der Waals surface area contributed by atoms with Gasteiger partial charge in [0.25, 0.3) is 0 Å². The van der Waals surface area contributed by atoms with E-state index < -0.39 is 22.5 Å². The summed E-state index contributed by atoms with van der Waals surface area (Å²) in [5.41, 5.74) is 5.36. The van der Waals surface area contributed by atoms with Gasteiger partial charge in [0, 0.05) is 6.07 Å². The van der Waals surface area contributed by atoms with Crippen molar-refractivity contribution in [3.05, 3.63) is 18.2 Å². The molecular weight excluding hydrogens is 284 g/mol. The maximum Gasteiger partial charge on any atom is 0.238 e. The summed E-state index contributed by atoms with van der Waals surface area (Å²) in [6.45, 7) is 1.04. The van der Waals surface area contributed by atoms with Crippen LogP contribution in [0.4, 0.5) is 5.69 Å². The third kappa shape index (κ3) is 3.53. The molecule has 20 heavy (non-hydrogen) atoms. The number of nitrogens with two attached hydrogens (primary N) is 1. The van der Waals surface area contributed by atoms with Crippen molar-refractivity contribution in [1.82, 2.24) is 0 Å². The molecule has 0 atom stereocenters. The number of hydrogen-bond acceptors (Lipinski definition) is 5. The first kappa shape index (κ1) is 16.1. The van der Waals surface area contributed by atoms with Crippen LogP contribution in [0, 0.1) is 0 Å². The minimum atomic E-state index is -3.65. The second-order valence-electron chi connectivity index (χ2n) is 3.91. The van der Waals surface area contributed by atoms with Crippen molar-refractivity contribution in [2.75, 3.05) is 30.8 Å². The number of benzene rings is 1. The van der Waals surface area contributed by atoms with Crippen LogP contribution in [0.3, 0.4) is 0 Å². The highest BCUT2D eigenvalue weighted by Crippen LogP contribution is 2.33. The Morgan fingerprint density at radius 1 is 1.30 bits per heavy atom. The highest BCUT2D eigenvalue weighted by atomic mass is 32.2. The molecule has 0 unspecified atom stereocenters. The van der Waals surface area contributed by atoms with Crippen LogP contribution in [0.5, 0.6) is 11.5 Å². The molecule has 0 bridgehead atoms. The highest BCUT2D eigenvalue weighted by Gasteiger charge is 2.25. The molecule has 0 fully saturated rings. The molecule has 0 aliphatic rings. The predicted molar refractivity (Wildman–Crippen MR) is 75.5 cm³/mol. The van der Waals surface area contributed by atoms with Gasteiger partial charge in [-0.25, -0.2) is 8.42 Å². The summed E-state index contributed by atoms with van der Waals surface area (Å²) in [6.07, 6.45) is 0. The van der Waals surface area contributed by atoms with Crippen LogP contribution in [0.15, 0.2) is 18.2 Å². The van der Waals surface area contributed by atoms with Crippen LogP contribution in [0.25, 0.3) is 0 Å². The molecular formula is C12H18N2O5S. The first-order valence-corrected chi connectivity index (χ1v) is 7.47. The zero-order valence-electron chi connectivity index (χ0n) is 11.6. The van der Waals surface area contributed by atoms with E-state index in [-0.39, 0.29) is 17.2 Å². The van der Waals surface area contributed by atoms with Crippen LogP contribution in [-0.4, -0.2) is 40.8 Å². The van der Waals surface area contributed by atoms with Crippen LogP contribution in [0.2, 0.25) is 0 Å². The van der Waals surface area contributed by atoms with E-state index in [1.54, 1.807) is 6.07 Å². The van der Waals surface area contributed by atoms with Crippen molar-refractivity contribution in [3.63, 3.8) is 0 Å². The van der Waals surface area contributed by atoms with E-state index in [1.807, 2.05) is 0 Å². The number of carbonyl (C=O) groups excluding carboxylic acids is 1. The van der Waals surface area contributed by atoms with Crippen molar-refractivity contribution in [1.29, 1.82) is 0 Å². The molecule has 0 heterocycles. The molecule has 0 radical (unpaired) electrons. The summed E-state index contributed by atoms with van der Waals surface area (Å²) in [6, 6.07) is 4.62. The monoisotopic (exact) mass is 302 g/mol.